The molecule has 1 fully saturated rings. The second kappa shape index (κ2) is 12.8. The van der Waals surface area contributed by atoms with Gasteiger partial charge in [0.2, 0.25) is 11.8 Å². The molecule has 190 valence electrons. The minimum atomic E-state index is -0.880. The summed E-state index contributed by atoms with van der Waals surface area (Å²) >= 11 is 0. The predicted molar refractivity (Wildman–Crippen MR) is 130 cm³/mol. The number of nitrogens with one attached hydrogen (secondary N) is 2. The zero-order valence-corrected chi connectivity index (χ0v) is 20.7. The molecule has 3 amide bonds. The van der Waals surface area contributed by atoms with Crippen LogP contribution in [-0.4, -0.2) is 56.0 Å². The molecule has 0 saturated heterocycles. The monoisotopic (exact) mass is 485 g/mol. The Morgan fingerprint density at radius 1 is 1.11 bits per heavy atom. The van der Waals surface area contributed by atoms with Crippen molar-refractivity contribution in [3.05, 3.63) is 47.9 Å². The molecule has 1 aromatic carbocycles. The number of furan rings is 1. The fourth-order valence-corrected chi connectivity index (χ4v) is 4.32. The maximum atomic E-state index is 13.6. The van der Waals surface area contributed by atoms with E-state index in [1.165, 1.54) is 24.3 Å². The van der Waals surface area contributed by atoms with E-state index >= 15 is 0 Å². The van der Waals surface area contributed by atoms with Gasteiger partial charge in [0.25, 0.3) is 5.91 Å². The van der Waals surface area contributed by atoms with Crippen molar-refractivity contribution in [3.8, 4) is 11.5 Å². The van der Waals surface area contributed by atoms with Crippen LogP contribution in [-0.2, 0) is 9.59 Å². The van der Waals surface area contributed by atoms with Gasteiger partial charge in [0.15, 0.2) is 17.3 Å². The Kier molecular flexibility index (Phi) is 9.57. The maximum Gasteiger partial charge on any atom is 0.287 e. The van der Waals surface area contributed by atoms with Gasteiger partial charge in [-0.3, -0.25) is 14.4 Å². The van der Waals surface area contributed by atoms with Crippen LogP contribution in [0, 0.1) is 0 Å². The molecule has 0 bridgehead atoms. The van der Waals surface area contributed by atoms with Gasteiger partial charge < -0.3 is 29.4 Å². The van der Waals surface area contributed by atoms with E-state index in [1.807, 2.05) is 6.92 Å². The summed E-state index contributed by atoms with van der Waals surface area (Å²) in [7, 11) is 3.07. The average molecular weight is 486 g/mol. The van der Waals surface area contributed by atoms with Gasteiger partial charge in [-0.2, -0.15) is 0 Å². The second-order valence-electron chi connectivity index (χ2n) is 8.61. The molecule has 1 atom stereocenters. The topological polar surface area (TPSA) is 110 Å². The molecule has 1 aliphatic carbocycles. The molecule has 9 nitrogen and oxygen atoms in total. The number of benzene rings is 1. The molecule has 0 spiro atoms. The molecule has 2 aromatic rings. The number of amides is 3. The highest BCUT2D eigenvalue weighted by molar-refractivity contribution is 5.95. The van der Waals surface area contributed by atoms with E-state index in [2.05, 4.69) is 10.6 Å². The third kappa shape index (κ3) is 6.77. The van der Waals surface area contributed by atoms with Crippen LogP contribution in [0.1, 0.15) is 67.6 Å². The summed E-state index contributed by atoms with van der Waals surface area (Å²) in [4.78, 5) is 40.9. The molecular formula is C26H35N3O6. The molecule has 1 heterocycles. The maximum absolute atomic E-state index is 13.6. The Balaban J connectivity index is 1.89. The van der Waals surface area contributed by atoms with E-state index < -0.39 is 11.9 Å². The van der Waals surface area contributed by atoms with E-state index in [0.717, 1.165) is 32.1 Å². The summed E-state index contributed by atoms with van der Waals surface area (Å²) in [6, 6.07) is 7.56. The average Bonchev–Trinajstić information content (AvgIpc) is 3.59. The lowest BCUT2D eigenvalue weighted by Gasteiger charge is -2.32. The molecule has 3 rings (SSSR count). The molecular weight excluding hydrogens is 450 g/mol. The standard InChI is InChI=1S/C26H35N3O6/c1-4-5-14-29(23(30)17-27-25(31)21-11-8-15-35-21)24(26(32)28-19-9-6-7-10-19)18-12-13-20(33-2)22(16-18)34-3/h8,11-13,15-16,19,24H,4-7,9-10,14,17H2,1-3H3,(H,27,31)(H,28,32)/t24-/m0/s1. The second-order valence-corrected chi connectivity index (χ2v) is 8.61. The first-order chi connectivity index (χ1) is 17.0. The number of carbonyl (C=O) groups excluding carboxylic acids is 3. The zero-order chi connectivity index (χ0) is 25.2. The molecule has 0 aliphatic heterocycles. The normalized spacial score (nSPS) is 14.3. The van der Waals surface area contributed by atoms with Crippen LogP contribution in [0.25, 0.3) is 0 Å². The number of carbonyl (C=O) groups is 3. The van der Waals surface area contributed by atoms with Crippen molar-refractivity contribution in [2.45, 2.75) is 57.5 Å². The highest BCUT2D eigenvalue weighted by Crippen LogP contribution is 2.33. The van der Waals surface area contributed by atoms with Gasteiger partial charge in [0.05, 0.1) is 27.0 Å². The molecule has 1 aliphatic rings. The summed E-state index contributed by atoms with van der Waals surface area (Å²) < 4.78 is 15.9. The lowest BCUT2D eigenvalue weighted by Crippen LogP contribution is -2.49. The third-order valence-corrected chi connectivity index (χ3v) is 6.20. The Morgan fingerprint density at radius 3 is 2.49 bits per heavy atom. The summed E-state index contributed by atoms with van der Waals surface area (Å²) in [6.45, 7) is 2.12. The lowest BCUT2D eigenvalue weighted by molar-refractivity contribution is -0.140. The summed E-state index contributed by atoms with van der Waals surface area (Å²) in [5.74, 6) is 0.0249. The lowest BCUT2D eigenvalue weighted by atomic mass is 10.0. The zero-order valence-electron chi connectivity index (χ0n) is 20.7. The van der Waals surface area contributed by atoms with Gasteiger partial charge in [-0.1, -0.05) is 32.3 Å². The SMILES string of the molecule is CCCCN(C(=O)CNC(=O)c1ccco1)[C@H](C(=O)NC1CCCC1)c1ccc(OC)c(OC)c1. The van der Waals surface area contributed by atoms with Crippen molar-refractivity contribution in [1.29, 1.82) is 0 Å². The number of rotatable bonds is 12. The van der Waals surface area contributed by atoms with E-state index in [0.29, 0.717) is 30.0 Å². The van der Waals surface area contributed by atoms with Crippen molar-refractivity contribution < 1.29 is 28.3 Å². The van der Waals surface area contributed by atoms with Crippen LogP contribution < -0.4 is 20.1 Å². The molecule has 9 heteroatoms. The number of hydrogen-bond acceptors (Lipinski definition) is 6. The Hall–Kier alpha value is -3.49. The summed E-state index contributed by atoms with van der Waals surface area (Å²) in [5, 5.41) is 5.74. The van der Waals surface area contributed by atoms with Crippen molar-refractivity contribution in [1.82, 2.24) is 15.5 Å². The Bertz CT molecular complexity index is 985. The highest BCUT2D eigenvalue weighted by atomic mass is 16.5. The smallest absolute Gasteiger partial charge is 0.287 e. The minimum Gasteiger partial charge on any atom is -0.493 e. The van der Waals surface area contributed by atoms with Crippen LogP contribution >= 0.6 is 0 Å². The van der Waals surface area contributed by atoms with Gasteiger partial charge >= 0.3 is 0 Å². The largest absolute Gasteiger partial charge is 0.493 e. The molecule has 0 unspecified atom stereocenters. The minimum absolute atomic E-state index is 0.0897. The van der Waals surface area contributed by atoms with Crippen molar-refractivity contribution >= 4 is 17.7 Å². The quantitative estimate of drug-likeness (QED) is 0.477. The Morgan fingerprint density at radius 2 is 1.86 bits per heavy atom. The van der Waals surface area contributed by atoms with Crippen molar-refractivity contribution in [2.24, 2.45) is 0 Å². The predicted octanol–water partition coefficient (Wildman–Crippen LogP) is 3.46. The van der Waals surface area contributed by atoms with E-state index in [1.54, 1.807) is 31.4 Å². The molecule has 2 N–H and O–H groups in total. The number of ether oxygens (including phenoxy) is 2. The molecule has 1 saturated carbocycles. The molecule has 0 radical (unpaired) electrons. The van der Waals surface area contributed by atoms with Gasteiger partial charge in [0.1, 0.15) is 6.04 Å². The van der Waals surface area contributed by atoms with Crippen LogP contribution in [0.3, 0.4) is 0 Å². The summed E-state index contributed by atoms with van der Waals surface area (Å²) in [6.07, 6.45) is 6.93. The van der Waals surface area contributed by atoms with E-state index in [4.69, 9.17) is 13.9 Å². The number of methoxy groups -OCH3 is 2. The van der Waals surface area contributed by atoms with Crippen LogP contribution in [0.4, 0.5) is 0 Å². The van der Waals surface area contributed by atoms with Crippen LogP contribution in [0.15, 0.2) is 41.0 Å². The van der Waals surface area contributed by atoms with Crippen molar-refractivity contribution in [2.75, 3.05) is 27.3 Å². The van der Waals surface area contributed by atoms with Gasteiger partial charge in [-0.25, -0.2) is 0 Å². The number of nitrogens with zero attached hydrogens (tertiary/aromatic N) is 1. The number of hydrogen-bond donors (Lipinski definition) is 2. The molecule has 35 heavy (non-hydrogen) atoms. The van der Waals surface area contributed by atoms with Crippen LogP contribution in [0.2, 0.25) is 0 Å². The first-order valence-corrected chi connectivity index (χ1v) is 12.1. The molecule has 1 aromatic heterocycles. The first kappa shape index (κ1) is 26.1. The van der Waals surface area contributed by atoms with Gasteiger partial charge in [-0.15, -0.1) is 0 Å². The van der Waals surface area contributed by atoms with Crippen LogP contribution in [0.5, 0.6) is 11.5 Å². The van der Waals surface area contributed by atoms with Gasteiger partial charge in [-0.05, 0) is 49.1 Å². The fourth-order valence-electron chi connectivity index (χ4n) is 4.32. The van der Waals surface area contributed by atoms with E-state index in [-0.39, 0.29) is 30.2 Å². The summed E-state index contributed by atoms with van der Waals surface area (Å²) in [5.41, 5.74) is 0.611. The highest BCUT2D eigenvalue weighted by Gasteiger charge is 2.33. The third-order valence-electron chi connectivity index (χ3n) is 6.20. The van der Waals surface area contributed by atoms with E-state index in [9.17, 15) is 14.4 Å². The fraction of sp³-hybridized carbons (Fsp3) is 0.500. The number of unbranched alkanes of at least 4 members (excludes halogenated alkanes) is 1. The van der Waals surface area contributed by atoms with Crippen molar-refractivity contribution in [3.63, 3.8) is 0 Å². The van der Waals surface area contributed by atoms with Gasteiger partial charge in [0, 0.05) is 12.6 Å². The Labute approximate surface area is 206 Å². The first-order valence-electron chi connectivity index (χ1n) is 12.1.